The minimum atomic E-state index is -0.858. The van der Waals surface area contributed by atoms with Gasteiger partial charge in [-0.1, -0.05) is 0 Å². The smallest absolute Gasteiger partial charge is 0.345 e. The van der Waals surface area contributed by atoms with Gasteiger partial charge in [0.2, 0.25) is 0 Å². The number of nitrogens with zero attached hydrogens (tertiary/aromatic N) is 1. The molecule has 2 aromatic rings. The molecule has 0 unspecified atom stereocenters. The number of ether oxygens (including phenoxy) is 5. The summed E-state index contributed by atoms with van der Waals surface area (Å²) < 4.78 is 26.0. The largest absolute Gasteiger partial charge is 0.494 e. The SMILES string of the molecule is CCOc1ccc(OCCOC(=O)c2cc(OC)c(OC)cc2[N+](=O)[O-])cc1. The van der Waals surface area contributed by atoms with Crippen molar-refractivity contribution in [3.05, 3.63) is 52.1 Å². The van der Waals surface area contributed by atoms with Crippen LogP contribution in [0.25, 0.3) is 0 Å². The van der Waals surface area contributed by atoms with Gasteiger partial charge in [-0.3, -0.25) is 10.1 Å². The van der Waals surface area contributed by atoms with Gasteiger partial charge in [-0.05, 0) is 31.2 Å². The summed E-state index contributed by atoms with van der Waals surface area (Å²) in [7, 11) is 2.71. The first-order valence-electron chi connectivity index (χ1n) is 8.43. The van der Waals surface area contributed by atoms with Crippen molar-refractivity contribution in [3.63, 3.8) is 0 Å². The molecule has 0 saturated heterocycles. The molecule has 28 heavy (non-hydrogen) atoms. The number of nitro groups is 1. The lowest BCUT2D eigenvalue weighted by molar-refractivity contribution is -0.385. The first-order chi connectivity index (χ1) is 13.5. The summed E-state index contributed by atoms with van der Waals surface area (Å²) in [6, 6.07) is 9.31. The standard InChI is InChI=1S/C19H21NO8/c1-4-26-13-5-7-14(8-6-13)27-9-10-28-19(21)15-11-17(24-2)18(25-3)12-16(15)20(22)23/h5-8,11-12H,4,9-10H2,1-3H3. The second-order valence-electron chi connectivity index (χ2n) is 5.37. The number of nitro benzene ring substituents is 1. The molecule has 0 saturated carbocycles. The van der Waals surface area contributed by atoms with E-state index in [1.807, 2.05) is 6.92 Å². The zero-order valence-electron chi connectivity index (χ0n) is 15.8. The molecule has 0 aliphatic carbocycles. The lowest BCUT2D eigenvalue weighted by atomic mass is 10.1. The Morgan fingerprint density at radius 3 is 2.07 bits per heavy atom. The van der Waals surface area contributed by atoms with Gasteiger partial charge in [-0.2, -0.15) is 0 Å². The van der Waals surface area contributed by atoms with Crippen LogP contribution in [-0.4, -0.2) is 44.9 Å². The Kier molecular flexibility index (Phi) is 7.44. The van der Waals surface area contributed by atoms with E-state index in [-0.39, 0.29) is 30.3 Å². The molecular weight excluding hydrogens is 370 g/mol. The van der Waals surface area contributed by atoms with Gasteiger partial charge in [0.05, 0.1) is 31.8 Å². The van der Waals surface area contributed by atoms with Gasteiger partial charge in [0, 0.05) is 6.07 Å². The monoisotopic (exact) mass is 391 g/mol. The highest BCUT2D eigenvalue weighted by atomic mass is 16.6. The van der Waals surface area contributed by atoms with Gasteiger partial charge in [-0.25, -0.2) is 4.79 Å². The molecule has 0 aliphatic rings. The Hall–Kier alpha value is -3.49. The first-order valence-corrected chi connectivity index (χ1v) is 8.43. The van der Waals surface area contributed by atoms with Crippen LogP contribution in [0.4, 0.5) is 5.69 Å². The fraction of sp³-hybridized carbons (Fsp3) is 0.316. The molecule has 150 valence electrons. The van der Waals surface area contributed by atoms with Crippen LogP contribution < -0.4 is 18.9 Å². The van der Waals surface area contributed by atoms with E-state index < -0.39 is 16.6 Å². The number of rotatable bonds is 10. The summed E-state index contributed by atoms with van der Waals surface area (Å²) in [5.74, 6) is 0.775. The highest BCUT2D eigenvalue weighted by Crippen LogP contribution is 2.34. The molecule has 0 radical (unpaired) electrons. The molecule has 0 heterocycles. The third-order valence-corrected chi connectivity index (χ3v) is 3.64. The Bertz CT molecular complexity index is 819. The average molecular weight is 391 g/mol. The van der Waals surface area contributed by atoms with E-state index >= 15 is 0 Å². The lowest BCUT2D eigenvalue weighted by Crippen LogP contribution is -2.14. The quantitative estimate of drug-likeness (QED) is 0.263. The zero-order valence-corrected chi connectivity index (χ0v) is 15.8. The molecule has 0 spiro atoms. The maximum atomic E-state index is 12.3. The van der Waals surface area contributed by atoms with Crippen molar-refractivity contribution in [3.8, 4) is 23.0 Å². The number of esters is 1. The van der Waals surface area contributed by atoms with Crippen LogP contribution in [-0.2, 0) is 4.74 Å². The van der Waals surface area contributed by atoms with Crippen molar-refractivity contribution in [1.82, 2.24) is 0 Å². The van der Waals surface area contributed by atoms with Crippen molar-refractivity contribution >= 4 is 11.7 Å². The van der Waals surface area contributed by atoms with Crippen LogP contribution in [0.3, 0.4) is 0 Å². The van der Waals surface area contributed by atoms with Crippen LogP contribution in [0, 0.1) is 10.1 Å². The Labute approximate surface area is 161 Å². The molecule has 9 heteroatoms. The predicted molar refractivity (Wildman–Crippen MR) is 99.6 cm³/mol. The topological polar surface area (TPSA) is 106 Å². The molecule has 0 aliphatic heterocycles. The number of hydrogen-bond donors (Lipinski definition) is 0. The van der Waals surface area contributed by atoms with Crippen LogP contribution >= 0.6 is 0 Å². The summed E-state index contributed by atoms with van der Waals surface area (Å²) in [6.45, 7) is 2.46. The van der Waals surface area contributed by atoms with Crippen molar-refractivity contribution < 1.29 is 33.4 Å². The maximum Gasteiger partial charge on any atom is 0.345 e. The maximum absolute atomic E-state index is 12.3. The van der Waals surface area contributed by atoms with Crippen molar-refractivity contribution in [1.29, 1.82) is 0 Å². The van der Waals surface area contributed by atoms with Crippen LogP contribution in [0.15, 0.2) is 36.4 Å². The third-order valence-electron chi connectivity index (χ3n) is 3.64. The van der Waals surface area contributed by atoms with Gasteiger partial charge < -0.3 is 23.7 Å². The van der Waals surface area contributed by atoms with Crippen LogP contribution in [0.2, 0.25) is 0 Å². The highest BCUT2D eigenvalue weighted by molar-refractivity contribution is 5.95. The summed E-state index contributed by atoms with van der Waals surface area (Å²) in [5, 5.41) is 11.2. The van der Waals surface area contributed by atoms with E-state index in [0.717, 1.165) is 11.8 Å². The number of carbonyl (C=O) groups excluding carboxylic acids is 1. The minimum absolute atomic E-state index is 0.0841. The Morgan fingerprint density at radius 2 is 1.54 bits per heavy atom. The van der Waals surface area contributed by atoms with Crippen molar-refractivity contribution in [2.45, 2.75) is 6.92 Å². The second-order valence-corrected chi connectivity index (χ2v) is 5.37. The molecular formula is C19H21NO8. The normalized spacial score (nSPS) is 10.1. The van der Waals surface area contributed by atoms with Crippen molar-refractivity contribution in [2.24, 2.45) is 0 Å². The molecule has 9 nitrogen and oxygen atoms in total. The Morgan fingerprint density at radius 1 is 0.964 bits per heavy atom. The molecule has 0 atom stereocenters. The van der Waals surface area contributed by atoms with E-state index in [0.29, 0.717) is 12.4 Å². The third kappa shape index (κ3) is 5.26. The lowest BCUT2D eigenvalue weighted by Gasteiger charge is -2.11. The molecule has 0 aromatic heterocycles. The molecule has 2 aromatic carbocycles. The Balaban J connectivity index is 1.97. The van der Waals surface area contributed by atoms with Gasteiger partial charge >= 0.3 is 5.97 Å². The first kappa shape index (κ1) is 20.8. The number of benzene rings is 2. The second kappa shape index (κ2) is 10.0. The fourth-order valence-corrected chi connectivity index (χ4v) is 2.35. The average Bonchev–Trinajstić information content (AvgIpc) is 2.71. The van der Waals surface area contributed by atoms with Gasteiger partial charge in [0.1, 0.15) is 30.3 Å². The predicted octanol–water partition coefficient (Wildman–Crippen LogP) is 3.25. The summed E-state index contributed by atoms with van der Waals surface area (Å²) in [5.41, 5.74) is -0.668. The summed E-state index contributed by atoms with van der Waals surface area (Å²) >= 11 is 0. The van der Waals surface area contributed by atoms with Crippen LogP contribution in [0.1, 0.15) is 17.3 Å². The molecule has 2 rings (SSSR count). The van der Waals surface area contributed by atoms with Crippen LogP contribution in [0.5, 0.6) is 23.0 Å². The van der Waals surface area contributed by atoms with E-state index in [2.05, 4.69) is 0 Å². The van der Waals surface area contributed by atoms with E-state index in [1.54, 1.807) is 24.3 Å². The highest BCUT2D eigenvalue weighted by Gasteiger charge is 2.25. The van der Waals surface area contributed by atoms with E-state index in [4.69, 9.17) is 23.7 Å². The van der Waals surface area contributed by atoms with E-state index in [9.17, 15) is 14.9 Å². The molecule has 0 N–H and O–H groups in total. The molecule has 0 fully saturated rings. The van der Waals surface area contributed by atoms with E-state index in [1.165, 1.54) is 20.3 Å². The van der Waals surface area contributed by atoms with Gasteiger partial charge in [-0.15, -0.1) is 0 Å². The summed E-state index contributed by atoms with van der Waals surface area (Å²) in [4.78, 5) is 22.8. The summed E-state index contributed by atoms with van der Waals surface area (Å²) in [6.07, 6.45) is 0. The minimum Gasteiger partial charge on any atom is -0.494 e. The van der Waals surface area contributed by atoms with Gasteiger partial charge in [0.25, 0.3) is 5.69 Å². The zero-order chi connectivity index (χ0) is 20.5. The molecule has 0 bridgehead atoms. The fourth-order valence-electron chi connectivity index (χ4n) is 2.35. The van der Waals surface area contributed by atoms with Gasteiger partial charge in [0.15, 0.2) is 11.5 Å². The van der Waals surface area contributed by atoms with Crippen molar-refractivity contribution in [2.75, 3.05) is 34.0 Å². The number of carbonyl (C=O) groups is 1. The molecule has 0 amide bonds. The number of methoxy groups -OCH3 is 2. The number of hydrogen-bond acceptors (Lipinski definition) is 8.